The van der Waals surface area contributed by atoms with Crippen molar-refractivity contribution in [2.45, 2.75) is 12.5 Å². The molecular weight excluding hydrogens is 152 g/mol. The van der Waals surface area contributed by atoms with E-state index in [0.717, 1.165) is 0 Å². The number of carboxylic acid groups (broad SMARTS) is 1. The summed E-state index contributed by atoms with van der Waals surface area (Å²) in [5.41, 5.74) is 0. The Hall–Kier alpha value is -1.23. The molecule has 2 atom stereocenters. The van der Waals surface area contributed by atoms with Gasteiger partial charge in [-0.25, -0.2) is 0 Å². The molecule has 2 unspecified atom stereocenters. The standard InChI is InChI=1S/C6H8O5/c7-2-4(6(10)11)1-5(9)3-8/h2-5,9H,1H2,(H,10,11). The van der Waals surface area contributed by atoms with Crippen molar-refractivity contribution in [2.75, 3.05) is 0 Å². The first kappa shape index (κ1) is 9.77. The van der Waals surface area contributed by atoms with Crippen molar-refractivity contribution in [2.24, 2.45) is 5.92 Å². The first-order chi connectivity index (χ1) is 5.11. The molecule has 0 aliphatic carbocycles. The summed E-state index contributed by atoms with van der Waals surface area (Å²) in [6.07, 6.45) is -1.35. The van der Waals surface area contributed by atoms with Crippen LogP contribution in [0.3, 0.4) is 0 Å². The topological polar surface area (TPSA) is 91.7 Å². The Kier molecular flexibility index (Phi) is 4.05. The summed E-state index contributed by atoms with van der Waals surface area (Å²) in [6, 6.07) is 0. The van der Waals surface area contributed by atoms with E-state index in [9.17, 15) is 14.4 Å². The molecule has 11 heavy (non-hydrogen) atoms. The average Bonchev–Trinajstić information content (AvgIpc) is 1.99. The minimum atomic E-state index is -1.37. The SMILES string of the molecule is O=CC(O)CC(C=O)C(=O)O. The molecular formula is C6H8O5. The maximum atomic E-state index is 10.1. The molecule has 62 valence electrons. The quantitative estimate of drug-likeness (QED) is 0.390. The van der Waals surface area contributed by atoms with Gasteiger partial charge < -0.3 is 19.8 Å². The van der Waals surface area contributed by atoms with Crippen LogP contribution in [-0.2, 0) is 14.4 Å². The molecule has 0 heterocycles. The van der Waals surface area contributed by atoms with Gasteiger partial charge in [-0.05, 0) is 0 Å². The molecule has 5 nitrogen and oxygen atoms in total. The van der Waals surface area contributed by atoms with E-state index >= 15 is 0 Å². The van der Waals surface area contributed by atoms with E-state index in [1.807, 2.05) is 0 Å². The lowest BCUT2D eigenvalue weighted by Gasteiger charge is -2.04. The number of hydrogen-bond donors (Lipinski definition) is 2. The summed E-state index contributed by atoms with van der Waals surface area (Å²) in [6.45, 7) is 0. The minimum Gasteiger partial charge on any atom is -0.481 e. The van der Waals surface area contributed by atoms with E-state index in [2.05, 4.69) is 0 Å². The van der Waals surface area contributed by atoms with Crippen molar-refractivity contribution in [1.29, 1.82) is 0 Å². The molecule has 0 bridgehead atoms. The van der Waals surface area contributed by atoms with Crippen molar-refractivity contribution in [3.05, 3.63) is 0 Å². The van der Waals surface area contributed by atoms with Gasteiger partial charge in [0.25, 0.3) is 0 Å². The normalized spacial score (nSPS) is 15.0. The third-order valence-electron chi connectivity index (χ3n) is 1.13. The summed E-state index contributed by atoms with van der Waals surface area (Å²) in [4.78, 5) is 29.9. The van der Waals surface area contributed by atoms with Crippen molar-refractivity contribution in [3.8, 4) is 0 Å². The van der Waals surface area contributed by atoms with Gasteiger partial charge in [-0.15, -0.1) is 0 Å². The summed E-state index contributed by atoms with van der Waals surface area (Å²) < 4.78 is 0. The highest BCUT2D eigenvalue weighted by Gasteiger charge is 2.19. The fourth-order valence-electron chi connectivity index (χ4n) is 0.530. The number of carbonyl (C=O) groups excluding carboxylic acids is 2. The average molecular weight is 160 g/mol. The van der Waals surface area contributed by atoms with Gasteiger partial charge in [-0.1, -0.05) is 0 Å². The molecule has 0 amide bonds. The number of aliphatic hydroxyl groups excluding tert-OH is 1. The van der Waals surface area contributed by atoms with Crippen molar-refractivity contribution in [3.63, 3.8) is 0 Å². The first-order valence-corrected chi connectivity index (χ1v) is 2.93. The van der Waals surface area contributed by atoms with Crippen molar-refractivity contribution >= 4 is 18.5 Å². The van der Waals surface area contributed by atoms with Crippen molar-refractivity contribution < 1.29 is 24.6 Å². The number of carbonyl (C=O) groups is 3. The van der Waals surface area contributed by atoms with E-state index in [-0.39, 0.29) is 19.0 Å². The van der Waals surface area contributed by atoms with Crippen LogP contribution >= 0.6 is 0 Å². The number of hydrogen-bond acceptors (Lipinski definition) is 4. The third kappa shape index (κ3) is 3.47. The molecule has 0 aliphatic heterocycles. The molecule has 0 fully saturated rings. The number of aldehydes is 2. The monoisotopic (exact) mass is 160 g/mol. The summed E-state index contributed by atoms with van der Waals surface area (Å²) in [7, 11) is 0. The van der Waals surface area contributed by atoms with E-state index in [4.69, 9.17) is 10.2 Å². The highest BCUT2D eigenvalue weighted by molar-refractivity contribution is 5.86. The minimum absolute atomic E-state index is 0.190. The Morgan fingerprint density at radius 1 is 1.36 bits per heavy atom. The zero-order chi connectivity index (χ0) is 8.85. The molecule has 0 aliphatic rings. The van der Waals surface area contributed by atoms with Gasteiger partial charge in [0.15, 0.2) is 0 Å². The molecule has 0 aromatic heterocycles. The molecule has 0 spiro atoms. The van der Waals surface area contributed by atoms with Gasteiger partial charge in [-0.3, -0.25) is 4.79 Å². The van der Waals surface area contributed by atoms with Crippen LogP contribution in [0, 0.1) is 5.92 Å². The zero-order valence-electron chi connectivity index (χ0n) is 5.64. The lowest BCUT2D eigenvalue weighted by molar-refractivity contribution is -0.144. The second-order valence-electron chi connectivity index (χ2n) is 2.02. The maximum absolute atomic E-state index is 10.1. The van der Waals surface area contributed by atoms with Gasteiger partial charge in [-0.2, -0.15) is 0 Å². The Labute approximate surface area is 62.6 Å². The van der Waals surface area contributed by atoms with Crippen LogP contribution in [0.25, 0.3) is 0 Å². The predicted molar refractivity (Wildman–Crippen MR) is 33.9 cm³/mol. The lowest BCUT2D eigenvalue weighted by atomic mass is 10.0. The molecule has 0 rings (SSSR count). The molecule has 2 N–H and O–H groups in total. The van der Waals surface area contributed by atoms with Gasteiger partial charge in [0.2, 0.25) is 0 Å². The molecule has 0 radical (unpaired) electrons. The predicted octanol–water partition coefficient (Wildman–Crippen LogP) is -1.16. The Balaban J connectivity index is 3.97. The summed E-state index contributed by atoms with van der Waals surface area (Å²) in [5, 5.41) is 16.9. The number of aliphatic carboxylic acids is 1. The van der Waals surface area contributed by atoms with Crippen LogP contribution in [-0.4, -0.2) is 34.9 Å². The first-order valence-electron chi connectivity index (χ1n) is 2.93. The highest BCUT2D eigenvalue weighted by Crippen LogP contribution is 2.02. The van der Waals surface area contributed by atoms with Crippen LogP contribution < -0.4 is 0 Å². The Morgan fingerprint density at radius 2 is 1.91 bits per heavy atom. The van der Waals surface area contributed by atoms with Gasteiger partial charge >= 0.3 is 5.97 Å². The second-order valence-corrected chi connectivity index (χ2v) is 2.02. The summed E-state index contributed by atoms with van der Waals surface area (Å²) in [5.74, 6) is -2.63. The molecule has 5 heteroatoms. The van der Waals surface area contributed by atoms with E-state index in [1.54, 1.807) is 0 Å². The molecule has 0 aromatic rings. The maximum Gasteiger partial charge on any atom is 0.313 e. The Bertz CT molecular complexity index is 164. The third-order valence-corrected chi connectivity index (χ3v) is 1.13. The number of rotatable bonds is 5. The van der Waals surface area contributed by atoms with E-state index < -0.39 is 18.0 Å². The smallest absolute Gasteiger partial charge is 0.313 e. The molecule has 0 saturated carbocycles. The lowest BCUT2D eigenvalue weighted by Crippen LogP contribution is -2.22. The number of aliphatic hydroxyl groups is 1. The van der Waals surface area contributed by atoms with Crippen LogP contribution in [0.15, 0.2) is 0 Å². The number of carboxylic acids is 1. The largest absolute Gasteiger partial charge is 0.481 e. The van der Waals surface area contributed by atoms with Crippen LogP contribution in [0.5, 0.6) is 0 Å². The second kappa shape index (κ2) is 4.56. The van der Waals surface area contributed by atoms with Crippen LogP contribution in [0.4, 0.5) is 0 Å². The fraction of sp³-hybridized carbons (Fsp3) is 0.500. The van der Waals surface area contributed by atoms with Crippen LogP contribution in [0.1, 0.15) is 6.42 Å². The zero-order valence-corrected chi connectivity index (χ0v) is 5.64. The highest BCUT2D eigenvalue weighted by atomic mass is 16.4. The molecule has 0 aromatic carbocycles. The van der Waals surface area contributed by atoms with Gasteiger partial charge in [0, 0.05) is 6.42 Å². The fourth-order valence-corrected chi connectivity index (χ4v) is 0.530. The molecule has 0 saturated heterocycles. The summed E-state index contributed by atoms with van der Waals surface area (Å²) >= 11 is 0. The van der Waals surface area contributed by atoms with E-state index in [0.29, 0.717) is 0 Å². The van der Waals surface area contributed by atoms with Crippen molar-refractivity contribution in [1.82, 2.24) is 0 Å². The van der Waals surface area contributed by atoms with E-state index in [1.165, 1.54) is 0 Å². The van der Waals surface area contributed by atoms with Crippen LogP contribution in [0.2, 0.25) is 0 Å². The van der Waals surface area contributed by atoms with Gasteiger partial charge in [0.1, 0.15) is 24.6 Å². The van der Waals surface area contributed by atoms with Gasteiger partial charge in [0.05, 0.1) is 0 Å². The Morgan fingerprint density at radius 3 is 2.18 bits per heavy atom.